The van der Waals surface area contributed by atoms with Crippen molar-refractivity contribution in [3.05, 3.63) is 34.9 Å². The number of nitrogens with one attached hydrogen (secondary N) is 1. The van der Waals surface area contributed by atoms with Gasteiger partial charge < -0.3 is 5.32 Å². The fourth-order valence-corrected chi connectivity index (χ4v) is 4.98. The molecule has 1 aliphatic rings. The molecule has 0 spiro atoms. The third kappa shape index (κ3) is 4.42. The summed E-state index contributed by atoms with van der Waals surface area (Å²) in [6.45, 7) is 4.25. The Morgan fingerprint density at radius 1 is 1.20 bits per heavy atom. The summed E-state index contributed by atoms with van der Waals surface area (Å²) < 4.78 is 12.4. The summed E-state index contributed by atoms with van der Waals surface area (Å²) in [7, 11) is 1.25. The molecule has 2 atom stereocenters. The van der Waals surface area contributed by atoms with E-state index in [2.05, 4.69) is 37.4 Å². The van der Waals surface area contributed by atoms with Crippen molar-refractivity contribution in [2.75, 3.05) is 18.6 Å². The van der Waals surface area contributed by atoms with E-state index >= 15 is 0 Å². The molecular weight excluding hydrogens is 266 g/mol. The maximum atomic E-state index is 12.4. The lowest BCUT2D eigenvalue weighted by Crippen LogP contribution is -2.25. The molecule has 2 nitrogen and oxygen atoms in total. The van der Waals surface area contributed by atoms with Gasteiger partial charge in [-0.2, -0.15) is 0 Å². The van der Waals surface area contributed by atoms with Crippen LogP contribution in [0.3, 0.4) is 0 Å². The highest BCUT2D eigenvalue weighted by molar-refractivity contribution is 7.85. The molecule has 2 rings (SSSR count). The Morgan fingerprint density at radius 3 is 2.35 bits per heavy atom. The third-order valence-electron chi connectivity index (χ3n) is 4.24. The first-order chi connectivity index (χ1) is 9.58. The number of hydrogen-bond donors (Lipinski definition) is 1. The van der Waals surface area contributed by atoms with Gasteiger partial charge in [-0.25, -0.2) is 0 Å². The van der Waals surface area contributed by atoms with Crippen molar-refractivity contribution < 1.29 is 4.21 Å². The Labute approximate surface area is 125 Å². The fourth-order valence-electron chi connectivity index (χ4n) is 3.25. The quantitative estimate of drug-likeness (QED) is 0.869. The van der Waals surface area contributed by atoms with Crippen LogP contribution in [0.1, 0.15) is 48.4 Å². The van der Waals surface area contributed by atoms with Gasteiger partial charge in [0.05, 0.1) is 0 Å². The first kappa shape index (κ1) is 15.7. The van der Waals surface area contributed by atoms with Crippen LogP contribution >= 0.6 is 0 Å². The zero-order valence-electron chi connectivity index (χ0n) is 12.9. The predicted molar refractivity (Wildman–Crippen MR) is 87.6 cm³/mol. The van der Waals surface area contributed by atoms with Gasteiger partial charge in [-0.1, -0.05) is 42.2 Å². The maximum Gasteiger partial charge on any atom is 0.0434 e. The average Bonchev–Trinajstić information content (AvgIpc) is 2.87. The molecule has 0 heterocycles. The largest absolute Gasteiger partial charge is 0.312 e. The molecular formula is C17H27NOS. The smallest absolute Gasteiger partial charge is 0.0434 e. The Bertz CT molecular complexity index is 446. The molecule has 0 radical (unpaired) electrons. The Balaban J connectivity index is 1.98. The molecule has 3 heteroatoms. The standard InChI is InChI=1S/C17H27NOS/c1-13-8-14(2)10-16(9-13)17(18-3)12-20(19)11-15-6-4-5-7-15/h8-10,15,17-18H,4-7,11-12H2,1-3H3. The summed E-state index contributed by atoms with van der Waals surface area (Å²) in [6, 6.07) is 6.81. The van der Waals surface area contributed by atoms with E-state index in [-0.39, 0.29) is 6.04 Å². The molecule has 0 bridgehead atoms. The van der Waals surface area contributed by atoms with E-state index in [1.807, 2.05) is 7.05 Å². The number of aryl methyl sites for hydroxylation is 2. The van der Waals surface area contributed by atoms with Crippen molar-refractivity contribution in [2.45, 2.75) is 45.6 Å². The molecule has 112 valence electrons. The highest BCUT2D eigenvalue weighted by atomic mass is 32.2. The second-order valence-electron chi connectivity index (χ2n) is 6.19. The van der Waals surface area contributed by atoms with Crippen LogP contribution in [0, 0.1) is 19.8 Å². The van der Waals surface area contributed by atoms with Gasteiger partial charge in [0.15, 0.2) is 0 Å². The SMILES string of the molecule is CNC(CS(=O)CC1CCCC1)c1cc(C)cc(C)c1. The average molecular weight is 293 g/mol. The van der Waals surface area contributed by atoms with Crippen molar-refractivity contribution in [2.24, 2.45) is 5.92 Å². The highest BCUT2D eigenvalue weighted by Gasteiger charge is 2.20. The number of benzene rings is 1. The lowest BCUT2D eigenvalue weighted by Gasteiger charge is -2.19. The van der Waals surface area contributed by atoms with Crippen LogP contribution < -0.4 is 5.32 Å². The van der Waals surface area contributed by atoms with E-state index in [1.54, 1.807) is 0 Å². The first-order valence-corrected chi connectivity index (χ1v) is 9.17. The molecule has 0 aromatic heterocycles. The molecule has 1 saturated carbocycles. The van der Waals surface area contributed by atoms with Crippen LogP contribution in [0.25, 0.3) is 0 Å². The maximum absolute atomic E-state index is 12.4. The van der Waals surface area contributed by atoms with E-state index in [0.717, 1.165) is 11.5 Å². The highest BCUT2D eigenvalue weighted by Crippen LogP contribution is 2.26. The van der Waals surface area contributed by atoms with Gasteiger partial charge >= 0.3 is 0 Å². The minimum absolute atomic E-state index is 0.204. The van der Waals surface area contributed by atoms with Gasteiger partial charge in [0.2, 0.25) is 0 Å². The zero-order chi connectivity index (χ0) is 14.5. The van der Waals surface area contributed by atoms with E-state index < -0.39 is 10.8 Å². The van der Waals surface area contributed by atoms with E-state index in [1.165, 1.54) is 42.4 Å². The molecule has 0 amide bonds. The van der Waals surface area contributed by atoms with Crippen LogP contribution in [0.4, 0.5) is 0 Å². The van der Waals surface area contributed by atoms with Gasteiger partial charge in [-0.15, -0.1) is 0 Å². The summed E-state index contributed by atoms with van der Waals surface area (Å²) in [5, 5.41) is 3.34. The molecule has 1 aliphatic carbocycles. The minimum Gasteiger partial charge on any atom is -0.312 e. The lowest BCUT2D eigenvalue weighted by molar-refractivity contribution is 0.594. The van der Waals surface area contributed by atoms with Gasteiger partial charge in [-0.3, -0.25) is 4.21 Å². The Kier molecular flexibility index (Phi) is 5.79. The minimum atomic E-state index is -0.716. The van der Waals surface area contributed by atoms with E-state index in [0.29, 0.717) is 5.92 Å². The molecule has 1 N–H and O–H groups in total. The van der Waals surface area contributed by atoms with Crippen LogP contribution in [0.2, 0.25) is 0 Å². The summed E-state index contributed by atoms with van der Waals surface area (Å²) in [4.78, 5) is 0. The van der Waals surface area contributed by atoms with E-state index in [4.69, 9.17) is 0 Å². The van der Waals surface area contributed by atoms with Crippen LogP contribution in [-0.2, 0) is 10.8 Å². The fraction of sp³-hybridized carbons (Fsp3) is 0.647. The van der Waals surface area contributed by atoms with Crippen LogP contribution in [-0.4, -0.2) is 22.8 Å². The van der Waals surface area contributed by atoms with Gasteiger partial charge in [-0.05, 0) is 45.2 Å². The lowest BCUT2D eigenvalue weighted by atomic mass is 10.0. The van der Waals surface area contributed by atoms with Crippen molar-refractivity contribution in [3.63, 3.8) is 0 Å². The van der Waals surface area contributed by atoms with Crippen molar-refractivity contribution >= 4 is 10.8 Å². The predicted octanol–water partition coefficient (Wildman–Crippen LogP) is 3.50. The Morgan fingerprint density at radius 2 is 1.80 bits per heavy atom. The molecule has 1 aromatic rings. The second kappa shape index (κ2) is 7.37. The summed E-state index contributed by atoms with van der Waals surface area (Å²) in [5.74, 6) is 2.33. The van der Waals surface area contributed by atoms with Crippen molar-refractivity contribution in [3.8, 4) is 0 Å². The van der Waals surface area contributed by atoms with Crippen molar-refractivity contribution in [1.29, 1.82) is 0 Å². The monoisotopic (exact) mass is 293 g/mol. The summed E-state index contributed by atoms with van der Waals surface area (Å²) in [5.41, 5.74) is 3.83. The molecule has 0 saturated heterocycles. The first-order valence-electron chi connectivity index (χ1n) is 7.69. The molecule has 20 heavy (non-hydrogen) atoms. The number of hydrogen-bond acceptors (Lipinski definition) is 2. The van der Waals surface area contributed by atoms with E-state index in [9.17, 15) is 4.21 Å². The third-order valence-corrected chi connectivity index (χ3v) is 5.79. The number of rotatable bonds is 6. The van der Waals surface area contributed by atoms with Crippen LogP contribution in [0.5, 0.6) is 0 Å². The van der Waals surface area contributed by atoms with Gasteiger partial charge in [0.1, 0.15) is 0 Å². The van der Waals surface area contributed by atoms with Crippen molar-refractivity contribution in [1.82, 2.24) is 5.32 Å². The Hall–Kier alpha value is -0.670. The topological polar surface area (TPSA) is 29.1 Å². The molecule has 1 aromatic carbocycles. The van der Waals surface area contributed by atoms with Crippen LogP contribution in [0.15, 0.2) is 18.2 Å². The summed E-state index contributed by atoms with van der Waals surface area (Å²) >= 11 is 0. The molecule has 2 unspecified atom stereocenters. The second-order valence-corrected chi connectivity index (χ2v) is 7.73. The van der Waals surface area contributed by atoms with Gasteiger partial charge in [0, 0.05) is 28.3 Å². The van der Waals surface area contributed by atoms with Gasteiger partial charge in [0.25, 0.3) is 0 Å². The zero-order valence-corrected chi connectivity index (χ0v) is 13.8. The molecule has 0 aliphatic heterocycles. The summed E-state index contributed by atoms with van der Waals surface area (Å²) in [6.07, 6.45) is 5.21. The normalized spacial score (nSPS) is 19.1. The molecule has 1 fully saturated rings.